The van der Waals surface area contributed by atoms with Crippen LogP contribution in [0.1, 0.15) is 22.5 Å². The predicted molar refractivity (Wildman–Crippen MR) is 109 cm³/mol. The Bertz CT molecular complexity index is 964. The first-order valence-corrected chi connectivity index (χ1v) is 9.03. The lowest BCUT2D eigenvalue weighted by atomic mass is 10.2. The summed E-state index contributed by atoms with van der Waals surface area (Å²) in [5.41, 5.74) is 1.91. The van der Waals surface area contributed by atoms with E-state index in [2.05, 4.69) is 20.6 Å². The van der Waals surface area contributed by atoms with Crippen LogP contribution in [0.25, 0.3) is 0 Å². The number of aromatic nitrogens is 2. The zero-order chi connectivity index (χ0) is 19.9. The molecular weight excluding hydrogens is 395 g/mol. The van der Waals surface area contributed by atoms with Crippen molar-refractivity contribution in [1.82, 2.24) is 9.97 Å². The quantitative estimate of drug-likeness (QED) is 0.610. The molecule has 0 saturated carbocycles. The minimum atomic E-state index is -0.0295. The third-order valence-corrected chi connectivity index (χ3v) is 4.36. The van der Waals surface area contributed by atoms with E-state index in [-0.39, 0.29) is 11.4 Å². The minimum Gasteiger partial charge on any atom is -0.363 e. The summed E-state index contributed by atoms with van der Waals surface area (Å²) in [6.45, 7) is 0.913. The molecule has 0 spiro atoms. The molecule has 1 aromatic heterocycles. The fourth-order valence-electron chi connectivity index (χ4n) is 2.41. The zero-order valence-corrected chi connectivity index (χ0v) is 16.1. The molecule has 0 saturated heterocycles. The van der Waals surface area contributed by atoms with Gasteiger partial charge in [0.1, 0.15) is 12.1 Å². The zero-order valence-electron chi connectivity index (χ0n) is 14.6. The first kappa shape index (κ1) is 19.4. The van der Waals surface area contributed by atoms with Crippen LogP contribution < -0.4 is 10.6 Å². The Morgan fingerprint density at radius 3 is 1.36 bits per heavy atom. The molecule has 138 valence electrons. The van der Waals surface area contributed by atoms with E-state index in [0.717, 1.165) is 11.1 Å². The van der Waals surface area contributed by atoms with Gasteiger partial charge in [0.2, 0.25) is 0 Å². The van der Waals surface area contributed by atoms with Crippen molar-refractivity contribution in [2.24, 2.45) is 0 Å². The van der Waals surface area contributed by atoms with Crippen LogP contribution in [0.15, 0.2) is 48.5 Å². The fourth-order valence-corrected chi connectivity index (χ4v) is 2.67. The number of halogens is 2. The third-order valence-electron chi connectivity index (χ3n) is 3.85. The van der Waals surface area contributed by atoms with Crippen LogP contribution >= 0.6 is 23.2 Å². The Morgan fingerprint density at radius 1 is 0.679 bits per heavy atom. The van der Waals surface area contributed by atoms with Gasteiger partial charge in [-0.15, -0.1) is 0 Å². The van der Waals surface area contributed by atoms with E-state index in [1.165, 1.54) is 0 Å². The molecule has 0 bridgehead atoms. The van der Waals surface area contributed by atoms with E-state index in [1.54, 1.807) is 24.3 Å². The van der Waals surface area contributed by atoms with Gasteiger partial charge in [0.15, 0.2) is 23.0 Å². The summed E-state index contributed by atoms with van der Waals surface area (Å²) in [5, 5.41) is 26.1. The van der Waals surface area contributed by atoms with E-state index in [1.807, 2.05) is 36.4 Å². The second kappa shape index (κ2) is 9.05. The van der Waals surface area contributed by atoms with E-state index in [0.29, 0.717) is 34.8 Å². The Balaban J connectivity index is 1.83. The summed E-state index contributed by atoms with van der Waals surface area (Å²) in [6.07, 6.45) is 0. The average Bonchev–Trinajstić information content (AvgIpc) is 2.72. The summed E-state index contributed by atoms with van der Waals surface area (Å²) in [6, 6.07) is 18.5. The number of nitrogens with zero attached hydrogens (tertiary/aromatic N) is 4. The van der Waals surface area contributed by atoms with Crippen LogP contribution in [-0.2, 0) is 13.1 Å². The van der Waals surface area contributed by atoms with Crippen LogP contribution in [-0.4, -0.2) is 9.97 Å². The Morgan fingerprint density at radius 2 is 1.04 bits per heavy atom. The van der Waals surface area contributed by atoms with E-state index in [4.69, 9.17) is 23.2 Å². The minimum absolute atomic E-state index is 0.0295. The van der Waals surface area contributed by atoms with Crippen molar-refractivity contribution in [1.29, 1.82) is 10.5 Å². The summed E-state index contributed by atoms with van der Waals surface area (Å²) >= 11 is 11.8. The first-order valence-electron chi connectivity index (χ1n) is 8.28. The predicted octanol–water partition coefficient (Wildman–Crippen LogP) is 4.75. The van der Waals surface area contributed by atoms with Gasteiger partial charge >= 0.3 is 0 Å². The van der Waals surface area contributed by atoms with E-state index in [9.17, 15) is 10.5 Å². The van der Waals surface area contributed by atoms with Crippen molar-refractivity contribution in [2.45, 2.75) is 13.1 Å². The van der Waals surface area contributed by atoms with Crippen molar-refractivity contribution >= 4 is 34.8 Å². The largest absolute Gasteiger partial charge is 0.363 e. The standard InChI is InChI=1S/C20H14Cl2N6/c21-15-5-1-13(2-6-15)11-25-19-20(28-18(10-24)17(9-23)27-19)26-12-14-3-7-16(22)8-4-14/h1-8H,11-12H2,(H,25,27)(H,26,28). The van der Waals surface area contributed by atoms with E-state index >= 15 is 0 Å². The van der Waals surface area contributed by atoms with Gasteiger partial charge in [-0.1, -0.05) is 47.5 Å². The lowest BCUT2D eigenvalue weighted by Gasteiger charge is -2.13. The van der Waals surface area contributed by atoms with Crippen LogP contribution in [0.4, 0.5) is 11.6 Å². The number of nitrogens with one attached hydrogen (secondary N) is 2. The molecule has 0 unspecified atom stereocenters. The number of hydrogen-bond donors (Lipinski definition) is 2. The highest BCUT2D eigenvalue weighted by Gasteiger charge is 2.13. The molecule has 0 atom stereocenters. The molecule has 0 fully saturated rings. The lowest BCUT2D eigenvalue weighted by Crippen LogP contribution is -2.11. The van der Waals surface area contributed by atoms with Crippen molar-refractivity contribution in [3.8, 4) is 12.1 Å². The average molecular weight is 409 g/mol. The third kappa shape index (κ3) is 4.89. The van der Waals surface area contributed by atoms with Gasteiger partial charge in [-0.3, -0.25) is 0 Å². The summed E-state index contributed by atoms with van der Waals surface area (Å²) in [4.78, 5) is 8.51. The number of benzene rings is 2. The molecule has 6 nitrogen and oxygen atoms in total. The molecule has 0 amide bonds. The van der Waals surface area contributed by atoms with Crippen molar-refractivity contribution in [3.63, 3.8) is 0 Å². The molecular formula is C20H14Cl2N6. The van der Waals surface area contributed by atoms with Crippen LogP contribution in [0, 0.1) is 22.7 Å². The molecule has 0 aliphatic carbocycles. The van der Waals surface area contributed by atoms with Crippen LogP contribution in [0.5, 0.6) is 0 Å². The number of rotatable bonds is 6. The first-order chi connectivity index (χ1) is 13.6. The highest BCUT2D eigenvalue weighted by molar-refractivity contribution is 6.30. The number of anilines is 2. The highest BCUT2D eigenvalue weighted by Crippen LogP contribution is 2.21. The number of hydrogen-bond acceptors (Lipinski definition) is 6. The molecule has 0 aliphatic rings. The monoisotopic (exact) mass is 408 g/mol. The van der Waals surface area contributed by atoms with Gasteiger partial charge in [0.05, 0.1) is 0 Å². The molecule has 1 heterocycles. The molecule has 2 aromatic carbocycles. The van der Waals surface area contributed by atoms with Crippen molar-refractivity contribution in [2.75, 3.05) is 10.6 Å². The number of nitriles is 2. The van der Waals surface area contributed by atoms with Gasteiger partial charge in [-0.25, -0.2) is 9.97 Å². The molecule has 3 rings (SSSR count). The topological polar surface area (TPSA) is 97.4 Å². The van der Waals surface area contributed by atoms with Crippen molar-refractivity contribution in [3.05, 3.63) is 81.1 Å². The van der Waals surface area contributed by atoms with Gasteiger partial charge < -0.3 is 10.6 Å². The maximum Gasteiger partial charge on any atom is 0.179 e. The van der Waals surface area contributed by atoms with Crippen LogP contribution in [0.3, 0.4) is 0 Å². The molecule has 28 heavy (non-hydrogen) atoms. The summed E-state index contributed by atoms with van der Waals surface area (Å²) in [7, 11) is 0. The summed E-state index contributed by atoms with van der Waals surface area (Å²) < 4.78 is 0. The van der Waals surface area contributed by atoms with Gasteiger partial charge in [0, 0.05) is 23.1 Å². The van der Waals surface area contributed by atoms with Gasteiger partial charge in [-0.2, -0.15) is 10.5 Å². The molecule has 2 N–H and O–H groups in total. The molecule has 3 aromatic rings. The molecule has 0 radical (unpaired) electrons. The smallest absolute Gasteiger partial charge is 0.179 e. The maximum atomic E-state index is 9.24. The highest BCUT2D eigenvalue weighted by atomic mass is 35.5. The lowest BCUT2D eigenvalue weighted by molar-refractivity contribution is 1.03. The van der Waals surface area contributed by atoms with Crippen LogP contribution in [0.2, 0.25) is 10.0 Å². The fraction of sp³-hybridized carbons (Fsp3) is 0.100. The second-order valence-electron chi connectivity index (χ2n) is 5.80. The SMILES string of the molecule is N#Cc1nc(NCc2ccc(Cl)cc2)c(NCc2ccc(Cl)cc2)nc1C#N. The normalized spacial score (nSPS) is 10.0. The Kier molecular flexibility index (Phi) is 6.29. The second-order valence-corrected chi connectivity index (χ2v) is 6.67. The van der Waals surface area contributed by atoms with Gasteiger partial charge in [0.25, 0.3) is 0 Å². The van der Waals surface area contributed by atoms with Gasteiger partial charge in [-0.05, 0) is 35.4 Å². The summed E-state index contributed by atoms with van der Waals surface area (Å²) in [5.74, 6) is 0.777. The molecule has 0 aliphatic heterocycles. The van der Waals surface area contributed by atoms with Crippen molar-refractivity contribution < 1.29 is 0 Å². The Labute approximate surface area is 172 Å². The molecule has 8 heteroatoms. The Hall–Kier alpha value is -3.32. The van der Waals surface area contributed by atoms with E-state index < -0.39 is 0 Å². The maximum absolute atomic E-state index is 9.24.